The second-order valence-corrected chi connectivity index (χ2v) is 12.5. The molecule has 3 aromatic rings. The Hall–Kier alpha value is -3.23. The topological polar surface area (TPSA) is 114 Å². The molecule has 1 aromatic carbocycles. The van der Waals surface area contributed by atoms with E-state index in [1.807, 2.05) is 0 Å². The highest BCUT2D eigenvalue weighted by Gasteiger charge is 2.47. The molecule has 2 heterocycles. The van der Waals surface area contributed by atoms with Gasteiger partial charge in [0.25, 0.3) is 5.91 Å². The van der Waals surface area contributed by atoms with Crippen LogP contribution in [-0.2, 0) is 28.0 Å². The molecule has 0 saturated heterocycles. The summed E-state index contributed by atoms with van der Waals surface area (Å²) in [5.41, 5.74) is 0.113. The second-order valence-electron chi connectivity index (χ2n) is 12.5. The molecule has 248 valence electrons. The lowest BCUT2D eigenvalue weighted by Gasteiger charge is -2.42. The third-order valence-electron chi connectivity index (χ3n) is 7.62. The Morgan fingerprint density at radius 2 is 1.65 bits per heavy atom. The Morgan fingerprint density at radius 1 is 1.02 bits per heavy atom. The van der Waals surface area contributed by atoms with Crippen LogP contribution in [0.3, 0.4) is 0 Å². The van der Waals surface area contributed by atoms with Crippen LogP contribution in [0.15, 0.2) is 30.5 Å². The number of nitrogens with zero attached hydrogens (tertiary/aromatic N) is 3. The number of methoxy groups -OCH3 is 1. The predicted octanol–water partition coefficient (Wildman–Crippen LogP) is 3.41. The maximum Gasteiger partial charge on any atom is 0.416 e. The zero-order valence-electron chi connectivity index (χ0n) is 27.0. The van der Waals surface area contributed by atoms with Crippen LogP contribution in [0.25, 0.3) is 11.0 Å². The van der Waals surface area contributed by atoms with Gasteiger partial charge in [-0.2, -0.15) is 18.3 Å². The standard InChI is InChI=1S/C21H19B5F2N6O2.C5H9F3O.C3H6/c22-20(23,24)21(25,26)34-15(3-4-31-34)18(36)30-10-16-32-13-2-1-11(5-14(13)33-16)9-29-17(35)6-12-7-19(27,28)8-12;1-4(2,9-3)5(6,7)8;1-2-3-1/h1-5,12H,6-10H2,(H,29,35)(H,30,36)(H,32,33);1-3H3;1-3H2. The third-order valence-corrected chi connectivity index (χ3v) is 7.62. The molecule has 0 unspecified atom stereocenters. The highest BCUT2D eigenvalue weighted by molar-refractivity contribution is 6.66. The van der Waals surface area contributed by atoms with Gasteiger partial charge in [-0.25, -0.2) is 13.8 Å². The van der Waals surface area contributed by atoms with Crippen molar-refractivity contribution >= 4 is 62.1 Å². The molecule has 19 heteroatoms. The summed E-state index contributed by atoms with van der Waals surface area (Å²) in [4.78, 5) is 32.3. The Bertz CT molecular complexity index is 1550. The Morgan fingerprint density at radius 3 is 2.15 bits per heavy atom. The largest absolute Gasteiger partial charge is 0.416 e. The predicted molar refractivity (Wildman–Crippen MR) is 174 cm³/mol. The summed E-state index contributed by atoms with van der Waals surface area (Å²) in [7, 11) is 29.7. The van der Waals surface area contributed by atoms with E-state index in [1.54, 1.807) is 18.2 Å². The number of nitrogens with one attached hydrogen (secondary N) is 3. The molecule has 2 aliphatic rings. The Kier molecular flexibility index (Phi) is 12.4. The van der Waals surface area contributed by atoms with E-state index in [-0.39, 0.29) is 49.9 Å². The maximum atomic E-state index is 12.9. The normalized spacial score (nSPS) is 16.1. The van der Waals surface area contributed by atoms with Gasteiger partial charge in [-0.05, 0) is 48.9 Å². The zero-order valence-corrected chi connectivity index (χ0v) is 27.0. The summed E-state index contributed by atoms with van der Waals surface area (Å²) in [6.45, 7) is 2.25. The highest BCUT2D eigenvalue weighted by atomic mass is 19.4. The van der Waals surface area contributed by atoms with Crippen LogP contribution in [0, 0.1) is 5.92 Å². The van der Waals surface area contributed by atoms with Crippen molar-refractivity contribution < 1.29 is 36.3 Å². The number of ether oxygens (including phenoxy) is 1. The lowest BCUT2D eigenvalue weighted by Crippen LogP contribution is -2.50. The Balaban J connectivity index is 0.000000440. The van der Waals surface area contributed by atoms with Gasteiger partial charge in [0.15, 0.2) is 5.60 Å². The van der Waals surface area contributed by atoms with E-state index in [0.717, 1.165) is 31.2 Å². The zero-order chi connectivity index (χ0) is 36.1. The molecule has 0 spiro atoms. The van der Waals surface area contributed by atoms with E-state index >= 15 is 0 Å². The van der Waals surface area contributed by atoms with Crippen LogP contribution < -0.4 is 10.6 Å². The lowest BCUT2D eigenvalue weighted by atomic mass is 9.26. The minimum atomic E-state index is -4.28. The Labute approximate surface area is 282 Å². The van der Waals surface area contributed by atoms with Crippen LogP contribution in [0.4, 0.5) is 22.0 Å². The van der Waals surface area contributed by atoms with E-state index in [9.17, 15) is 31.5 Å². The first kappa shape index (κ1) is 39.2. The number of amides is 2. The fourth-order valence-corrected chi connectivity index (χ4v) is 4.09. The van der Waals surface area contributed by atoms with Crippen molar-refractivity contribution in [2.24, 2.45) is 5.92 Å². The van der Waals surface area contributed by atoms with Gasteiger partial charge in [0.1, 0.15) is 11.5 Å². The average molecular weight is 664 g/mol. The summed E-state index contributed by atoms with van der Waals surface area (Å²) in [6, 6.07) is 6.75. The number of fused-ring (bicyclic) bond motifs is 1. The molecule has 10 radical (unpaired) electrons. The summed E-state index contributed by atoms with van der Waals surface area (Å²) >= 11 is 0. The number of halogens is 5. The number of carbonyl (C=O) groups is 2. The smallest absolute Gasteiger partial charge is 0.369 e. The fraction of sp³-hybridized carbons (Fsp3) is 0.586. The number of rotatable bonds is 10. The number of aromatic nitrogens is 4. The van der Waals surface area contributed by atoms with E-state index in [4.69, 9.17) is 39.2 Å². The van der Waals surface area contributed by atoms with Crippen molar-refractivity contribution in [3.8, 4) is 0 Å². The molecule has 0 aliphatic heterocycles. The number of carbonyl (C=O) groups excluding carboxylic acids is 2. The third kappa shape index (κ3) is 10.6. The first-order valence-corrected chi connectivity index (χ1v) is 15.1. The second kappa shape index (κ2) is 15.1. The molecule has 0 bridgehead atoms. The van der Waals surface area contributed by atoms with E-state index in [0.29, 0.717) is 16.9 Å². The molecule has 2 aromatic heterocycles. The van der Waals surface area contributed by atoms with Gasteiger partial charge < -0.3 is 20.4 Å². The molecule has 48 heavy (non-hydrogen) atoms. The van der Waals surface area contributed by atoms with Crippen LogP contribution >= 0.6 is 0 Å². The summed E-state index contributed by atoms with van der Waals surface area (Å²) in [6.07, 6.45) is 1.13. The van der Waals surface area contributed by atoms with Crippen LogP contribution in [-0.4, -0.2) is 95.6 Å². The SMILES string of the molecule is C1CC1.COC(C)(C)C(F)(F)F.[B]C([B])([B])C([B])([B])n1nccc1C(=O)NCc1nc2ccc(CNC(=O)CC3CC(F)(F)C3)cc2[nH]1. The van der Waals surface area contributed by atoms with E-state index in [1.165, 1.54) is 31.5 Å². The molecule has 2 amide bonds. The quantitative estimate of drug-likeness (QED) is 0.228. The van der Waals surface area contributed by atoms with Crippen molar-refractivity contribution in [1.29, 1.82) is 0 Å². The van der Waals surface area contributed by atoms with Crippen molar-refractivity contribution in [3.05, 3.63) is 47.5 Å². The minimum absolute atomic E-state index is 0.00881. The van der Waals surface area contributed by atoms with Gasteiger partial charge in [-0.1, -0.05) is 25.3 Å². The molecule has 2 saturated carbocycles. The van der Waals surface area contributed by atoms with Gasteiger partial charge in [0.05, 0.1) is 56.8 Å². The molecular weight excluding hydrogens is 629 g/mol. The molecule has 5 rings (SSSR count). The number of hydrogen-bond acceptors (Lipinski definition) is 5. The van der Waals surface area contributed by atoms with Crippen molar-refractivity contribution in [3.63, 3.8) is 0 Å². The van der Waals surface area contributed by atoms with E-state index < -0.39 is 34.1 Å². The minimum Gasteiger partial charge on any atom is -0.369 e. The number of imidazole rings is 1. The van der Waals surface area contributed by atoms with Gasteiger partial charge in [-0.15, -0.1) is 5.11 Å². The fourth-order valence-electron chi connectivity index (χ4n) is 4.09. The molecule has 2 aliphatic carbocycles. The molecule has 3 N–H and O–H groups in total. The van der Waals surface area contributed by atoms with Crippen LogP contribution in [0.5, 0.6) is 0 Å². The van der Waals surface area contributed by atoms with Crippen LogP contribution in [0.2, 0.25) is 5.11 Å². The first-order valence-electron chi connectivity index (χ1n) is 15.1. The monoisotopic (exact) mass is 664 g/mol. The van der Waals surface area contributed by atoms with E-state index in [2.05, 4.69) is 30.4 Å². The van der Waals surface area contributed by atoms with Gasteiger partial charge in [0.2, 0.25) is 11.8 Å². The summed E-state index contributed by atoms with van der Waals surface area (Å²) < 4.78 is 66.1. The number of H-pyrrole nitrogens is 1. The highest BCUT2D eigenvalue weighted by Crippen LogP contribution is 2.44. The molecular formula is C29H34B5F5N6O3. The molecule has 0 atom stereocenters. The number of benzene rings is 1. The number of hydrogen-bond donors (Lipinski definition) is 3. The average Bonchev–Trinajstić information content (AvgIpc) is 3.65. The molecule has 2 fully saturated rings. The van der Waals surface area contributed by atoms with Crippen LogP contribution in [0.1, 0.15) is 74.2 Å². The van der Waals surface area contributed by atoms with Crippen molar-refractivity contribution in [1.82, 2.24) is 30.4 Å². The maximum absolute atomic E-state index is 12.9. The number of alkyl halides is 5. The molecule has 9 nitrogen and oxygen atoms in total. The van der Waals surface area contributed by atoms with Gasteiger partial charge >= 0.3 is 6.18 Å². The lowest BCUT2D eigenvalue weighted by molar-refractivity contribution is -0.255. The van der Waals surface area contributed by atoms with Crippen molar-refractivity contribution in [2.45, 2.75) is 93.6 Å². The number of aromatic amines is 1. The van der Waals surface area contributed by atoms with Gasteiger partial charge in [-0.3, -0.25) is 14.3 Å². The first-order chi connectivity index (χ1) is 22.1. The van der Waals surface area contributed by atoms with Crippen molar-refractivity contribution in [2.75, 3.05) is 7.11 Å². The summed E-state index contributed by atoms with van der Waals surface area (Å²) in [5, 5.41) is 5.24. The van der Waals surface area contributed by atoms with Gasteiger partial charge in [0, 0.05) is 39.1 Å². The summed E-state index contributed by atoms with van der Waals surface area (Å²) in [5.74, 6) is -3.28.